The number of carbonyl (C=O) groups is 1. The highest BCUT2D eigenvalue weighted by Gasteiger charge is 2.09. The molecule has 2 nitrogen and oxygen atoms in total. The lowest BCUT2D eigenvalue weighted by molar-refractivity contribution is 0.0734. The van der Waals surface area contributed by atoms with Crippen LogP contribution in [0, 0.1) is 5.82 Å². The van der Waals surface area contributed by atoms with Crippen molar-refractivity contribution in [1.29, 1.82) is 0 Å². The van der Waals surface area contributed by atoms with Crippen molar-refractivity contribution in [2.45, 2.75) is 19.8 Å². The fourth-order valence-corrected chi connectivity index (χ4v) is 1.70. The van der Waals surface area contributed by atoms with Crippen LogP contribution in [0.3, 0.4) is 0 Å². The van der Waals surface area contributed by atoms with Crippen molar-refractivity contribution in [2.75, 3.05) is 0 Å². The lowest BCUT2D eigenvalue weighted by atomic mass is 10.0. The first-order chi connectivity index (χ1) is 9.06. The van der Waals surface area contributed by atoms with Crippen molar-refractivity contribution < 1.29 is 13.9 Å². The summed E-state index contributed by atoms with van der Waals surface area (Å²) in [5.41, 5.74) is 1.37. The molecule has 0 N–H and O–H groups in total. The SMILES string of the molecule is CC(C)c1ccc(OC(=O)c2cccc(F)c2)cc1. The zero-order valence-electron chi connectivity index (χ0n) is 10.9. The predicted octanol–water partition coefficient (Wildman–Crippen LogP) is 4.17. The van der Waals surface area contributed by atoms with Gasteiger partial charge in [-0.3, -0.25) is 0 Å². The lowest BCUT2D eigenvalue weighted by Crippen LogP contribution is -2.08. The van der Waals surface area contributed by atoms with E-state index in [1.165, 1.54) is 23.8 Å². The molecule has 0 heterocycles. The van der Waals surface area contributed by atoms with Gasteiger partial charge in [0.05, 0.1) is 5.56 Å². The predicted molar refractivity (Wildman–Crippen MR) is 71.9 cm³/mol. The van der Waals surface area contributed by atoms with E-state index in [4.69, 9.17) is 4.74 Å². The van der Waals surface area contributed by atoms with E-state index in [0.29, 0.717) is 11.7 Å². The van der Waals surface area contributed by atoms with Crippen LogP contribution in [0.4, 0.5) is 4.39 Å². The third kappa shape index (κ3) is 3.41. The van der Waals surface area contributed by atoms with Gasteiger partial charge in [0.1, 0.15) is 11.6 Å². The maximum atomic E-state index is 13.0. The summed E-state index contributed by atoms with van der Waals surface area (Å²) in [7, 11) is 0. The average molecular weight is 258 g/mol. The van der Waals surface area contributed by atoms with E-state index in [1.54, 1.807) is 12.1 Å². The summed E-state index contributed by atoms with van der Waals surface area (Å²) in [6.45, 7) is 4.18. The van der Waals surface area contributed by atoms with Crippen LogP contribution < -0.4 is 4.74 Å². The van der Waals surface area contributed by atoms with Crippen LogP contribution >= 0.6 is 0 Å². The van der Waals surface area contributed by atoms with Gasteiger partial charge in [0.2, 0.25) is 0 Å². The molecule has 0 aliphatic carbocycles. The Morgan fingerprint density at radius 2 is 1.79 bits per heavy atom. The second kappa shape index (κ2) is 5.65. The highest BCUT2D eigenvalue weighted by Crippen LogP contribution is 2.19. The van der Waals surface area contributed by atoms with E-state index in [0.717, 1.165) is 6.07 Å². The monoisotopic (exact) mass is 258 g/mol. The van der Waals surface area contributed by atoms with Crippen molar-refractivity contribution in [3.63, 3.8) is 0 Å². The number of hydrogen-bond donors (Lipinski definition) is 0. The number of rotatable bonds is 3. The van der Waals surface area contributed by atoms with Crippen LogP contribution in [-0.2, 0) is 0 Å². The Bertz CT molecular complexity index is 574. The van der Waals surface area contributed by atoms with Gasteiger partial charge in [-0.15, -0.1) is 0 Å². The van der Waals surface area contributed by atoms with E-state index in [-0.39, 0.29) is 5.56 Å². The zero-order valence-corrected chi connectivity index (χ0v) is 10.9. The molecular weight excluding hydrogens is 243 g/mol. The van der Waals surface area contributed by atoms with E-state index in [1.807, 2.05) is 12.1 Å². The molecule has 0 atom stereocenters. The molecule has 0 unspecified atom stereocenters. The average Bonchev–Trinajstić information content (AvgIpc) is 2.39. The Balaban J connectivity index is 2.10. The second-order valence-electron chi connectivity index (χ2n) is 4.62. The summed E-state index contributed by atoms with van der Waals surface area (Å²) in [4.78, 5) is 11.8. The van der Waals surface area contributed by atoms with Crippen molar-refractivity contribution >= 4 is 5.97 Å². The van der Waals surface area contributed by atoms with Gasteiger partial charge < -0.3 is 4.74 Å². The Kier molecular flexibility index (Phi) is 3.95. The summed E-state index contributed by atoms with van der Waals surface area (Å²) in [5.74, 6) is -0.131. The first-order valence-electron chi connectivity index (χ1n) is 6.14. The van der Waals surface area contributed by atoms with Crippen molar-refractivity contribution in [2.24, 2.45) is 0 Å². The number of benzene rings is 2. The molecule has 19 heavy (non-hydrogen) atoms. The molecule has 0 fully saturated rings. The number of esters is 1. The van der Waals surface area contributed by atoms with Gasteiger partial charge in [-0.2, -0.15) is 0 Å². The first-order valence-corrected chi connectivity index (χ1v) is 6.14. The fraction of sp³-hybridized carbons (Fsp3) is 0.188. The highest BCUT2D eigenvalue weighted by molar-refractivity contribution is 5.91. The minimum atomic E-state index is -0.559. The number of hydrogen-bond acceptors (Lipinski definition) is 2. The molecule has 0 aromatic heterocycles. The summed E-state index contributed by atoms with van der Waals surface area (Å²) < 4.78 is 18.2. The Morgan fingerprint density at radius 3 is 2.37 bits per heavy atom. The lowest BCUT2D eigenvalue weighted by Gasteiger charge is -2.07. The molecule has 0 radical (unpaired) electrons. The quantitative estimate of drug-likeness (QED) is 0.610. The van der Waals surface area contributed by atoms with Crippen LogP contribution in [-0.4, -0.2) is 5.97 Å². The van der Waals surface area contributed by atoms with Crippen molar-refractivity contribution in [1.82, 2.24) is 0 Å². The van der Waals surface area contributed by atoms with Gasteiger partial charge in [0.15, 0.2) is 0 Å². The second-order valence-corrected chi connectivity index (χ2v) is 4.62. The molecule has 0 saturated heterocycles. The molecule has 98 valence electrons. The molecule has 2 aromatic rings. The van der Waals surface area contributed by atoms with E-state index >= 15 is 0 Å². The first kappa shape index (κ1) is 13.3. The summed E-state index contributed by atoms with van der Waals surface area (Å²) in [6, 6.07) is 12.8. The molecule has 0 aliphatic heterocycles. The number of halogens is 1. The molecule has 0 spiro atoms. The van der Waals surface area contributed by atoms with Gasteiger partial charge in [-0.1, -0.05) is 32.0 Å². The van der Waals surface area contributed by atoms with E-state index in [2.05, 4.69) is 13.8 Å². The standard InChI is InChI=1S/C16H15FO2/c1-11(2)12-6-8-15(9-7-12)19-16(18)13-4-3-5-14(17)10-13/h3-11H,1-2H3. The molecular formula is C16H15FO2. The van der Waals surface area contributed by atoms with E-state index < -0.39 is 11.8 Å². The maximum Gasteiger partial charge on any atom is 0.343 e. The van der Waals surface area contributed by atoms with Gasteiger partial charge in [0, 0.05) is 0 Å². The summed E-state index contributed by atoms with van der Waals surface area (Å²) >= 11 is 0. The molecule has 0 aliphatic rings. The fourth-order valence-electron chi connectivity index (χ4n) is 1.70. The maximum absolute atomic E-state index is 13.0. The third-order valence-electron chi connectivity index (χ3n) is 2.82. The molecule has 0 amide bonds. The van der Waals surface area contributed by atoms with Crippen molar-refractivity contribution in [3.8, 4) is 5.75 Å². The molecule has 2 aromatic carbocycles. The Hall–Kier alpha value is -2.16. The van der Waals surface area contributed by atoms with Crippen LogP contribution in [0.25, 0.3) is 0 Å². The van der Waals surface area contributed by atoms with E-state index in [9.17, 15) is 9.18 Å². The van der Waals surface area contributed by atoms with Gasteiger partial charge in [-0.05, 0) is 41.8 Å². The Morgan fingerprint density at radius 1 is 1.11 bits per heavy atom. The summed E-state index contributed by atoms with van der Waals surface area (Å²) in [5, 5.41) is 0. The number of ether oxygens (including phenoxy) is 1. The molecule has 2 rings (SSSR count). The number of carbonyl (C=O) groups excluding carboxylic acids is 1. The largest absolute Gasteiger partial charge is 0.423 e. The van der Waals surface area contributed by atoms with Crippen molar-refractivity contribution in [3.05, 3.63) is 65.5 Å². The topological polar surface area (TPSA) is 26.3 Å². The van der Waals surface area contributed by atoms with Gasteiger partial charge in [0.25, 0.3) is 0 Å². The van der Waals surface area contributed by atoms with Crippen LogP contribution in [0.1, 0.15) is 35.7 Å². The minimum absolute atomic E-state index is 0.202. The summed E-state index contributed by atoms with van der Waals surface area (Å²) in [6.07, 6.45) is 0. The van der Waals surface area contributed by atoms with Crippen LogP contribution in [0.2, 0.25) is 0 Å². The highest BCUT2D eigenvalue weighted by atomic mass is 19.1. The normalized spacial score (nSPS) is 10.5. The van der Waals surface area contributed by atoms with Crippen LogP contribution in [0.5, 0.6) is 5.75 Å². The van der Waals surface area contributed by atoms with Crippen LogP contribution in [0.15, 0.2) is 48.5 Å². The molecule has 3 heteroatoms. The third-order valence-corrected chi connectivity index (χ3v) is 2.82. The Labute approximate surface area is 111 Å². The minimum Gasteiger partial charge on any atom is -0.423 e. The smallest absolute Gasteiger partial charge is 0.343 e. The zero-order chi connectivity index (χ0) is 13.8. The van der Waals surface area contributed by atoms with Gasteiger partial charge in [-0.25, -0.2) is 9.18 Å². The molecule has 0 bridgehead atoms. The van der Waals surface area contributed by atoms with Gasteiger partial charge >= 0.3 is 5.97 Å². The molecule has 0 saturated carbocycles.